The zero-order valence-electron chi connectivity index (χ0n) is 11.8. The maximum atomic E-state index is 12.5. The maximum absolute atomic E-state index is 12.5. The minimum atomic E-state index is 0.325. The number of piperidine rings is 1. The van der Waals surface area contributed by atoms with Gasteiger partial charge >= 0.3 is 0 Å². The third-order valence-electron chi connectivity index (χ3n) is 5.13. The molecule has 4 heterocycles. The average molecular weight is 274 g/mol. The number of fused-ring (bicyclic) bond motifs is 3. The van der Waals surface area contributed by atoms with Crippen LogP contribution in [0.1, 0.15) is 37.9 Å². The molecule has 1 aromatic rings. The summed E-state index contributed by atoms with van der Waals surface area (Å²) in [5, 5.41) is 3.64. The number of hydrogen-bond acceptors (Lipinski definition) is 3. The molecule has 108 valence electrons. The average Bonchev–Trinajstić information content (AvgIpc) is 3.04. The zero-order valence-corrected chi connectivity index (χ0v) is 11.8. The zero-order chi connectivity index (χ0) is 13.5. The molecule has 5 heteroatoms. The molecule has 5 nitrogen and oxygen atoms in total. The summed E-state index contributed by atoms with van der Waals surface area (Å²) >= 11 is 0. The van der Waals surface area contributed by atoms with Crippen LogP contribution in [-0.4, -0.2) is 39.0 Å². The van der Waals surface area contributed by atoms with Crippen molar-refractivity contribution in [3.8, 4) is 0 Å². The molecule has 2 unspecified atom stereocenters. The summed E-state index contributed by atoms with van der Waals surface area (Å²) in [6.07, 6.45) is 9.53. The van der Waals surface area contributed by atoms with Crippen LogP contribution in [0.2, 0.25) is 0 Å². The number of nitrogens with zero attached hydrogens (tertiary/aromatic N) is 3. The molecule has 2 atom stereocenters. The fourth-order valence-corrected chi connectivity index (χ4v) is 4.10. The normalized spacial score (nSPS) is 32.2. The molecule has 3 aliphatic rings. The lowest BCUT2D eigenvalue weighted by molar-refractivity contribution is -0.134. The molecule has 2 fully saturated rings. The van der Waals surface area contributed by atoms with Crippen molar-refractivity contribution in [1.82, 2.24) is 19.8 Å². The summed E-state index contributed by atoms with van der Waals surface area (Å²) in [7, 11) is 0. The Kier molecular flexibility index (Phi) is 3.02. The highest BCUT2D eigenvalue weighted by Gasteiger charge is 2.35. The highest BCUT2D eigenvalue weighted by Crippen LogP contribution is 2.33. The van der Waals surface area contributed by atoms with Crippen LogP contribution in [0.5, 0.6) is 0 Å². The number of rotatable bonds is 2. The molecule has 0 aliphatic carbocycles. The van der Waals surface area contributed by atoms with Crippen molar-refractivity contribution in [2.45, 2.75) is 57.3 Å². The van der Waals surface area contributed by atoms with Crippen LogP contribution >= 0.6 is 0 Å². The number of imidazole rings is 1. The first-order valence-electron chi connectivity index (χ1n) is 7.82. The first-order valence-corrected chi connectivity index (χ1v) is 7.82. The van der Waals surface area contributed by atoms with Gasteiger partial charge in [0, 0.05) is 44.0 Å². The largest absolute Gasteiger partial charge is 0.333 e. The number of amides is 1. The standard InChI is InChI=1S/C15H22N4O/c20-15(9-11-7-12-1-2-13(8-11)17-12)19-6-5-18-4-3-16-14(18)10-19/h3-4,11-13,17H,1-2,5-10H2. The van der Waals surface area contributed by atoms with E-state index in [1.165, 1.54) is 25.7 Å². The van der Waals surface area contributed by atoms with Gasteiger partial charge in [0.1, 0.15) is 5.82 Å². The highest BCUT2D eigenvalue weighted by atomic mass is 16.2. The number of carbonyl (C=O) groups excluding carboxylic acids is 1. The lowest BCUT2D eigenvalue weighted by Crippen LogP contribution is -2.42. The molecule has 2 saturated heterocycles. The van der Waals surface area contributed by atoms with Gasteiger partial charge in [-0.2, -0.15) is 0 Å². The lowest BCUT2D eigenvalue weighted by Gasteiger charge is -2.32. The van der Waals surface area contributed by atoms with Gasteiger partial charge in [-0.1, -0.05) is 0 Å². The predicted octanol–water partition coefficient (Wildman–Crippen LogP) is 1.15. The fraction of sp³-hybridized carbons (Fsp3) is 0.733. The Bertz CT molecular complexity index is 500. The summed E-state index contributed by atoms with van der Waals surface area (Å²) in [5.41, 5.74) is 0. The van der Waals surface area contributed by atoms with Crippen molar-refractivity contribution >= 4 is 5.91 Å². The van der Waals surface area contributed by atoms with Crippen molar-refractivity contribution in [2.75, 3.05) is 6.54 Å². The Morgan fingerprint density at radius 2 is 2.10 bits per heavy atom. The second-order valence-electron chi connectivity index (χ2n) is 6.53. The molecular formula is C15H22N4O. The van der Waals surface area contributed by atoms with Gasteiger partial charge in [0.05, 0.1) is 6.54 Å². The van der Waals surface area contributed by atoms with Crippen LogP contribution in [0, 0.1) is 5.92 Å². The molecular weight excluding hydrogens is 252 g/mol. The van der Waals surface area contributed by atoms with Crippen LogP contribution < -0.4 is 5.32 Å². The van der Waals surface area contributed by atoms with Crippen molar-refractivity contribution in [3.05, 3.63) is 18.2 Å². The van der Waals surface area contributed by atoms with Crippen molar-refractivity contribution in [1.29, 1.82) is 0 Å². The van der Waals surface area contributed by atoms with Crippen LogP contribution in [0.15, 0.2) is 12.4 Å². The van der Waals surface area contributed by atoms with E-state index in [1.807, 2.05) is 17.3 Å². The minimum Gasteiger partial charge on any atom is -0.333 e. The minimum absolute atomic E-state index is 0.325. The van der Waals surface area contributed by atoms with E-state index < -0.39 is 0 Å². The van der Waals surface area contributed by atoms with Gasteiger partial charge in [0.25, 0.3) is 0 Å². The maximum Gasteiger partial charge on any atom is 0.223 e. The van der Waals surface area contributed by atoms with Crippen LogP contribution in [-0.2, 0) is 17.9 Å². The first kappa shape index (κ1) is 12.4. The number of nitrogens with one attached hydrogen (secondary N) is 1. The third kappa shape index (κ3) is 2.24. The third-order valence-corrected chi connectivity index (χ3v) is 5.13. The Morgan fingerprint density at radius 1 is 1.30 bits per heavy atom. The molecule has 2 bridgehead atoms. The Labute approximate surface area is 119 Å². The predicted molar refractivity (Wildman–Crippen MR) is 74.9 cm³/mol. The van der Waals surface area contributed by atoms with Crippen LogP contribution in [0.4, 0.5) is 0 Å². The van der Waals surface area contributed by atoms with Gasteiger partial charge < -0.3 is 14.8 Å². The van der Waals surface area contributed by atoms with Gasteiger partial charge in [-0.25, -0.2) is 4.98 Å². The quantitative estimate of drug-likeness (QED) is 0.880. The molecule has 0 aromatic carbocycles. The number of hydrogen-bond donors (Lipinski definition) is 1. The Hall–Kier alpha value is -1.36. The second-order valence-corrected chi connectivity index (χ2v) is 6.53. The second kappa shape index (κ2) is 4.88. The molecule has 1 amide bonds. The number of carbonyl (C=O) groups is 1. The molecule has 3 aliphatic heterocycles. The molecule has 0 saturated carbocycles. The molecule has 20 heavy (non-hydrogen) atoms. The van der Waals surface area contributed by atoms with E-state index in [9.17, 15) is 4.79 Å². The van der Waals surface area contributed by atoms with E-state index in [-0.39, 0.29) is 0 Å². The monoisotopic (exact) mass is 274 g/mol. The topological polar surface area (TPSA) is 50.2 Å². The van der Waals surface area contributed by atoms with Gasteiger partial charge in [-0.15, -0.1) is 0 Å². The summed E-state index contributed by atoms with van der Waals surface area (Å²) in [6, 6.07) is 1.35. The smallest absolute Gasteiger partial charge is 0.223 e. The van der Waals surface area contributed by atoms with E-state index in [4.69, 9.17) is 0 Å². The summed E-state index contributed by atoms with van der Waals surface area (Å²) in [6.45, 7) is 2.40. The summed E-state index contributed by atoms with van der Waals surface area (Å²) < 4.78 is 2.15. The van der Waals surface area contributed by atoms with Gasteiger partial charge in [0.15, 0.2) is 0 Å². The summed E-state index contributed by atoms with van der Waals surface area (Å²) in [4.78, 5) is 18.8. The van der Waals surface area contributed by atoms with E-state index in [0.717, 1.165) is 25.3 Å². The molecule has 0 spiro atoms. The molecule has 0 radical (unpaired) electrons. The Morgan fingerprint density at radius 3 is 2.90 bits per heavy atom. The van der Waals surface area contributed by atoms with E-state index >= 15 is 0 Å². The molecule has 4 rings (SSSR count). The van der Waals surface area contributed by atoms with E-state index in [1.54, 1.807) is 0 Å². The molecule has 1 N–H and O–H groups in total. The van der Waals surface area contributed by atoms with Gasteiger partial charge in [0.2, 0.25) is 5.91 Å². The van der Waals surface area contributed by atoms with Gasteiger partial charge in [-0.3, -0.25) is 4.79 Å². The van der Waals surface area contributed by atoms with E-state index in [2.05, 4.69) is 14.9 Å². The van der Waals surface area contributed by atoms with Crippen molar-refractivity contribution in [3.63, 3.8) is 0 Å². The lowest BCUT2D eigenvalue weighted by atomic mass is 9.89. The van der Waals surface area contributed by atoms with Crippen LogP contribution in [0.25, 0.3) is 0 Å². The highest BCUT2D eigenvalue weighted by molar-refractivity contribution is 5.76. The Balaban J connectivity index is 1.37. The first-order chi connectivity index (χ1) is 9.78. The van der Waals surface area contributed by atoms with Crippen molar-refractivity contribution in [2.24, 2.45) is 5.92 Å². The van der Waals surface area contributed by atoms with Crippen LogP contribution in [0.3, 0.4) is 0 Å². The number of aromatic nitrogens is 2. The fourth-order valence-electron chi connectivity index (χ4n) is 4.10. The summed E-state index contributed by atoms with van der Waals surface area (Å²) in [5.74, 6) is 1.93. The molecule has 1 aromatic heterocycles. The van der Waals surface area contributed by atoms with E-state index in [0.29, 0.717) is 30.5 Å². The van der Waals surface area contributed by atoms with Gasteiger partial charge in [-0.05, 0) is 31.6 Å². The SMILES string of the molecule is O=C(CC1CC2CCC(C1)N2)N1CCn2ccnc2C1. The van der Waals surface area contributed by atoms with Crippen molar-refractivity contribution < 1.29 is 4.79 Å².